The van der Waals surface area contributed by atoms with Crippen LogP contribution in [0.15, 0.2) is 36.5 Å². The number of likely N-dealkylation sites (tertiary alicyclic amines) is 1. The van der Waals surface area contributed by atoms with E-state index >= 15 is 0 Å². The molecule has 1 aliphatic heterocycles. The van der Waals surface area contributed by atoms with Gasteiger partial charge in [0.1, 0.15) is 17.1 Å². The van der Waals surface area contributed by atoms with Crippen LogP contribution in [0.3, 0.4) is 0 Å². The number of aromatic nitrogens is 2. The highest BCUT2D eigenvalue weighted by Crippen LogP contribution is 2.21. The van der Waals surface area contributed by atoms with Crippen molar-refractivity contribution in [1.29, 1.82) is 0 Å². The lowest BCUT2D eigenvalue weighted by Crippen LogP contribution is -2.43. The second kappa shape index (κ2) is 8.85. The van der Waals surface area contributed by atoms with Gasteiger partial charge in [0.25, 0.3) is 5.91 Å². The zero-order valence-electron chi connectivity index (χ0n) is 18.0. The van der Waals surface area contributed by atoms with E-state index in [2.05, 4.69) is 5.10 Å². The van der Waals surface area contributed by atoms with Crippen molar-refractivity contribution in [3.05, 3.63) is 48.0 Å². The Hall–Kier alpha value is -2.90. The summed E-state index contributed by atoms with van der Waals surface area (Å²) in [6.45, 7) is 7.32. The standard InChI is InChI=1S/C22H29FN4O3/c1-22(2,3)30-21(29)25(4)15-16-9-12-26(13-10-16)20(28)18-11-14-27(24-18)19-8-6-5-7-17(19)23/h5-8,11,14,16H,9-10,12-13,15H2,1-4H3. The van der Waals surface area contributed by atoms with Crippen LogP contribution in [0, 0.1) is 11.7 Å². The first kappa shape index (κ1) is 21.8. The number of para-hydroxylation sites is 1. The molecule has 0 N–H and O–H groups in total. The van der Waals surface area contributed by atoms with Crippen molar-refractivity contribution in [3.8, 4) is 5.69 Å². The SMILES string of the molecule is CN(CC1CCN(C(=O)c2ccn(-c3ccccc3F)n2)CC1)C(=O)OC(C)(C)C. The summed E-state index contributed by atoms with van der Waals surface area (Å²) in [7, 11) is 1.74. The molecule has 0 unspecified atom stereocenters. The molecule has 0 radical (unpaired) electrons. The third-order valence-corrected chi connectivity index (χ3v) is 5.05. The quantitative estimate of drug-likeness (QED) is 0.762. The molecular weight excluding hydrogens is 387 g/mol. The Morgan fingerprint density at radius 3 is 2.50 bits per heavy atom. The van der Waals surface area contributed by atoms with E-state index in [0.29, 0.717) is 36.9 Å². The number of rotatable bonds is 4. The first-order chi connectivity index (χ1) is 14.1. The van der Waals surface area contributed by atoms with E-state index in [1.54, 1.807) is 47.3 Å². The molecule has 7 nitrogen and oxygen atoms in total. The van der Waals surface area contributed by atoms with Crippen LogP contribution in [0.1, 0.15) is 44.1 Å². The molecule has 1 fully saturated rings. The normalized spacial score (nSPS) is 15.2. The monoisotopic (exact) mass is 416 g/mol. The molecule has 1 aliphatic rings. The Labute approximate surface area is 176 Å². The molecule has 1 aromatic carbocycles. The van der Waals surface area contributed by atoms with Crippen molar-refractivity contribution in [2.45, 2.75) is 39.2 Å². The first-order valence-electron chi connectivity index (χ1n) is 10.2. The van der Waals surface area contributed by atoms with Crippen molar-refractivity contribution in [2.24, 2.45) is 5.92 Å². The first-order valence-corrected chi connectivity index (χ1v) is 10.2. The van der Waals surface area contributed by atoms with Gasteiger partial charge in [-0.2, -0.15) is 5.10 Å². The van der Waals surface area contributed by atoms with E-state index in [1.165, 1.54) is 10.7 Å². The molecule has 1 aromatic heterocycles. The third-order valence-electron chi connectivity index (χ3n) is 5.05. The lowest BCUT2D eigenvalue weighted by Gasteiger charge is -2.34. The minimum atomic E-state index is -0.521. The predicted molar refractivity (Wildman–Crippen MR) is 111 cm³/mol. The number of piperidine rings is 1. The van der Waals surface area contributed by atoms with Crippen molar-refractivity contribution >= 4 is 12.0 Å². The minimum Gasteiger partial charge on any atom is -0.444 e. The Kier molecular flexibility index (Phi) is 6.43. The molecule has 0 bridgehead atoms. The summed E-state index contributed by atoms with van der Waals surface area (Å²) in [6.07, 6.45) is 2.85. The van der Waals surface area contributed by atoms with Crippen LogP contribution in [0.2, 0.25) is 0 Å². The van der Waals surface area contributed by atoms with Gasteiger partial charge in [0.05, 0.1) is 0 Å². The summed E-state index contributed by atoms with van der Waals surface area (Å²) in [5.41, 5.74) is 0.0794. The van der Waals surface area contributed by atoms with Crippen LogP contribution in [0.25, 0.3) is 5.69 Å². The number of carbonyl (C=O) groups excluding carboxylic acids is 2. The fourth-order valence-electron chi connectivity index (χ4n) is 3.49. The Morgan fingerprint density at radius 1 is 1.20 bits per heavy atom. The summed E-state index contributed by atoms with van der Waals surface area (Å²) in [5, 5.41) is 4.26. The molecule has 0 atom stereocenters. The Morgan fingerprint density at radius 2 is 1.87 bits per heavy atom. The average Bonchev–Trinajstić information content (AvgIpc) is 3.17. The molecule has 2 amide bonds. The number of nitrogens with zero attached hydrogens (tertiary/aromatic N) is 4. The van der Waals surface area contributed by atoms with E-state index in [4.69, 9.17) is 4.74 Å². The van der Waals surface area contributed by atoms with Gasteiger partial charge in [-0.3, -0.25) is 4.79 Å². The number of carbonyl (C=O) groups is 2. The van der Waals surface area contributed by atoms with Crippen molar-refractivity contribution < 1.29 is 18.7 Å². The van der Waals surface area contributed by atoms with Gasteiger partial charge >= 0.3 is 6.09 Å². The fourth-order valence-corrected chi connectivity index (χ4v) is 3.49. The van der Waals surface area contributed by atoms with E-state index in [1.807, 2.05) is 20.8 Å². The van der Waals surface area contributed by atoms with Crippen LogP contribution < -0.4 is 0 Å². The van der Waals surface area contributed by atoms with Gasteiger partial charge in [-0.25, -0.2) is 13.9 Å². The average molecular weight is 416 g/mol. The van der Waals surface area contributed by atoms with Crippen LogP contribution in [0.5, 0.6) is 0 Å². The molecule has 30 heavy (non-hydrogen) atoms. The van der Waals surface area contributed by atoms with Crippen LogP contribution in [-0.2, 0) is 4.74 Å². The van der Waals surface area contributed by atoms with Gasteiger partial charge in [0.2, 0.25) is 0 Å². The summed E-state index contributed by atoms with van der Waals surface area (Å²) in [6, 6.07) is 7.91. The Balaban J connectivity index is 1.54. The molecule has 0 aliphatic carbocycles. The molecule has 0 spiro atoms. The molecule has 1 saturated heterocycles. The predicted octanol–water partition coefficient (Wildman–Crippen LogP) is 3.73. The second-order valence-corrected chi connectivity index (χ2v) is 8.69. The highest BCUT2D eigenvalue weighted by atomic mass is 19.1. The molecule has 2 aromatic rings. The lowest BCUT2D eigenvalue weighted by atomic mass is 9.96. The van der Waals surface area contributed by atoms with E-state index < -0.39 is 11.4 Å². The van der Waals surface area contributed by atoms with E-state index in [9.17, 15) is 14.0 Å². The van der Waals surface area contributed by atoms with Crippen molar-refractivity contribution in [2.75, 3.05) is 26.7 Å². The van der Waals surface area contributed by atoms with E-state index in [0.717, 1.165) is 12.8 Å². The highest BCUT2D eigenvalue weighted by molar-refractivity contribution is 5.92. The van der Waals surface area contributed by atoms with Crippen LogP contribution >= 0.6 is 0 Å². The molecular formula is C22H29FN4O3. The lowest BCUT2D eigenvalue weighted by molar-refractivity contribution is 0.0245. The summed E-state index contributed by atoms with van der Waals surface area (Å²) in [5.74, 6) is -0.249. The van der Waals surface area contributed by atoms with Gasteiger partial charge in [-0.1, -0.05) is 12.1 Å². The summed E-state index contributed by atoms with van der Waals surface area (Å²) < 4.78 is 20.7. The zero-order chi connectivity index (χ0) is 21.9. The maximum Gasteiger partial charge on any atom is 0.410 e. The third kappa shape index (κ3) is 5.37. The maximum atomic E-state index is 13.9. The number of halogens is 1. The number of benzene rings is 1. The minimum absolute atomic E-state index is 0.163. The van der Waals surface area contributed by atoms with Crippen molar-refractivity contribution in [1.82, 2.24) is 19.6 Å². The van der Waals surface area contributed by atoms with Gasteiger partial charge in [0.15, 0.2) is 5.69 Å². The smallest absolute Gasteiger partial charge is 0.410 e. The zero-order valence-corrected chi connectivity index (χ0v) is 18.0. The molecule has 2 heterocycles. The Bertz CT molecular complexity index is 898. The number of hydrogen-bond donors (Lipinski definition) is 0. The molecule has 3 rings (SSSR count). The summed E-state index contributed by atoms with van der Waals surface area (Å²) >= 11 is 0. The fraction of sp³-hybridized carbons (Fsp3) is 0.500. The molecule has 8 heteroatoms. The second-order valence-electron chi connectivity index (χ2n) is 8.69. The largest absolute Gasteiger partial charge is 0.444 e. The van der Waals surface area contributed by atoms with Gasteiger partial charge in [-0.05, 0) is 57.7 Å². The van der Waals surface area contributed by atoms with Crippen molar-refractivity contribution in [3.63, 3.8) is 0 Å². The number of ether oxygens (including phenoxy) is 1. The van der Waals surface area contributed by atoms with E-state index in [-0.39, 0.29) is 12.0 Å². The summed E-state index contributed by atoms with van der Waals surface area (Å²) in [4.78, 5) is 28.3. The maximum absolute atomic E-state index is 13.9. The van der Waals surface area contributed by atoms with Crippen LogP contribution in [0.4, 0.5) is 9.18 Å². The number of amides is 2. The topological polar surface area (TPSA) is 67.7 Å². The molecule has 162 valence electrons. The van der Waals surface area contributed by atoms with Gasteiger partial charge in [-0.15, -0.1) is 0 Å². The highest BCUT2D eigenvalue weighted by Gasteiger charge is 2.28. The van der Waals surface area contributed by atoms with Gasteiger partial charge < -0.3 is 14.5 Å². The molecule has 0 saturated carbocycles. The van der Waals surface area contributed by atoms with Gasteiger partial charge in [0, 0.05) is 32.9 Å². The number of hydrogen-bond acceptors (Lipinski definition) is 4. The van der Waals surface area contributed by atoms with Crippen LogP contribution in [-0.4, -0.2) is 63.9 Å².